The second-order valence-electron chi connectivity index (χ2n) is 2.39. The summed E-state index contributed by atoms with van der Waals surface area (Å²) < 4.78 is 3.94. The molecule has 0 fully saturated rings. The number of rotatable bonds is 0. The van der Waals surface area contributed by atoms with Gasteiger partial charge >= 0.3 is 0 Å². The number of aromatic nitrogens is 3. The van der Waals surface area contributed by atoms with E-state index in [2.05, 4.69) is 14.3 Å². The molecule has 0 atom stereocenters. The molecule has 0 aliphatic heterocycles. The maximum atomic E-state index is 11.2. The smallest absolute Gasteiger partial charge is 0.279 e. The van der Waals surface area contributed by atoms with E-state index in [1.807, 2.05) is 34.6 Å². The van der Waals surface area contributed by atoms with Crippen molar-refractivity contribution in [3.63, 3.8) is 0 Å². The van der Waals surface area contributed by atoms with Gasteiger partial charge in [0.25, 0.3) is 5.56 Å². The Morgan fingerprint density at radius 2 is 1.75 bits per heavy atom. The summed E-state index contributed by atoms with van der Waals surface area (Å²) in [6.07, 6.45) is 0. The van der Waals surface area contributed by atoms with Gasteiger partial charge in [-0.25, -0.2) is 4.98 Å². The van der Waals surface area contributed by atoms with Gasteiger partial charge in [0, 0.05) is 4.88 Å². The highest BCUT2D eigenvalue weighted by Crippen LogP contribution is 2.15. The number of nitrogens with one attached hydrogen (secondary N) is 1. The van der Waals surface area contributed by atoms with E-state index < -0.39 is 0 Å². The predicted molar refractivity (Wildman–Crippen MR) is 69.9 cm³/mol. The molecule has 6 heteroatoms. The molecule has 3 N–H and O–H groups in total. The van der Waals surface area contributed by atoms with Crippen molar-refractivity contribution in [3.8, 4) is 0 Å². The van der Waals surface area contributed by atoms with Gasteiger partial charge in [0.05, 0.1) is 0 Å². The van der Waals surface area contributed by atoms with Crippen molar-refractivity contribution in [2.24, 2.45) is 0 Å². The minimum atomic E-state index is -0.276. The summed E-state index contributed by atoms with van der Waals surface area (Å²) in [5.74, 6) is 0.135. The van der Waals surface area contributed by atoms with Crippen LogP contribution in [0.15, 0.2) is 4.79 Å². The molecule has 0 radical (unpaired) electrons. The molecular formula is C10H18N4OS. The number of hydrogen-bond acceptors (Lipinski definition) is 5. The number of nitrogen functional groups attached to an aromatic ring is 1. The van der Waals surface area contributed by atoms with Gasteiger partial charge in [-0.2, -0.15) is 4.37 Å². The molecule has 0 amide bonds. The van der Waals surface area contributed by atoms with Crippen LogP contribution in [0.2, 0.25) is 0 Å². The second-order valence-corrected chi connectivity index (χ2v) is 3.36. The zero-order valence-electron chi connectivity index (χ0n) is 10.3. The quantitative estimate of drug-likeness (QED) is 0.742. The molecule has 0 saturated carbocycles. The predicted octanol–water partition coefficient (Wildman–Crippen LogP) is 2.32. The molecule has 5 nitrogen and oxygen atoms in total. The SMILES string of the molecule is CC.CC.Cc1snc2c(=O)[nH]c(N)nc12. The van der Waals surface area contributed by atoms with E-state index in [1.54, 1.807) is 0 Å². The van der Waals surface area contributed by atoms with Gasteiger partial charge < -0.3 is 5.73 Å². The van der Waals surface area contributed by atoms with Gasteiger partial charge in [-0.3, -0.25) is 9.78 Å². The average Bonchev–Trinajstić information content (AvgIpc) is 2.67. The highest BCUT2D eigenvalue weighted by atomic mass is 32.1. The highest BCUT2D eigenvalue weighted by Gasteiger charge is 2.07. The fourth-order valence-electron chi connectivity index (χ4n) is 0.972. The van der Waals surface area contributed by atoms with E-state index in [1.165, 1.54) is 11.5 Å². The van der Waals surface area contributed by atoms with E-state index in [9.17, 15) is 4.79 Å². The number of aryl methyl sites for hydroxylation is 1. The number of anilines is 1. The van der Waals surface area contributed by atoms with E-state index in [0.29, 0.717) is 11.0 Å². The Kier molecular flexibility index (Phi) is 6.32. The van der Waals surface area contributed by atoms with Crippen LogP contribution in [0, 0.1) is 6.92 Å². The summed E-state index contributed by atoms with van der Waals surface area (Å²) in [5.41, 5.74) is 6.05. The lowest BCUT2D eigenvalue weighted by atomic mass is 10.4. The fourth-order valence-corrected chi connectivity index (χ4v) is 1.60. The summed E-state index contributed by atoms with van der Waals surface area (Å²) in [5, 5.41) is 0. The first-order valence-electron chi connectivity index (χ1n) is 5.30. The lowest BCUT2D eigenvalue weighted by Gasteiger charge is -1.91. The van der Waals surface area contributed by atoms with Crippen LogP contribution >= 0.6 is 11.5 Å². The minimum Gasteiger partial charge on any atom is -0.369 e. The third-order valence-electron chi connectivity index (χ3n) is 1.52. The Morgan fingerprint density at radius 1 is 1.19 bits per heavy atom. The molecule has 0 aliphatic rings. The van der Waals surface area contributed by atoms with E-state index in [-0.39, 0.29) is 11.5 Å². The summed E-state index contributed by atoms with van der Waals surface area (Å²) in [4.78, 5) is 18.4. The first kappa shape index (κ1) is 14.6. The van der Waals surface area contributed by atoms with Crippen LogP contribution in [-0.4, -0.2) is 14.3 Å². The Balaban J connectivity index is 0.000000509. The largest absolute Gasteiger partial charge is 0.369 e. The Hall–Kier alpha value is -1.43. The van der Waals surface area contributed by atoms with E-state index in [0.717, 1.165) is 4.88 Å². The van der Waals surface area contributed by atoms with Gasteiger partial charge in [-0.05, 0) is 18.5 Å². The molecule has 90 valence electrons. The van der Waals surface area contributed by atoms with Crippen molar-refractivity contribution in [1.29, 1.82) is 0 Å². The molecular weight excluding hydrogens is 224 g/mol. The molecule has 16 heavy (non-hydrogen) atoms. The second kappa shape index (κ2) is 6.95. The molecule has 0 aliphatic carbocycles. The molecule has 2 aromatic rings. The summed E-state index contributed by atoms with van der Waals surface area (Å²) in [6.45, 7) is 9.85. The van der Waals surface area contributed by atoms with Crippen molar-refractivity contribution in [2.75, 3.05) is 5.73 Å². The van der Waals surface area contributed by atoms with Crippen LogP contribution in [-0.2, 0) is 0 Å². The molecule has 0 aromatic carbocycles. The van der Waals surface area contributed by atoms with Crippen molar-refractivity contribution in [3.05, 3.63) is 15.2 Å². The monoisotopic (exact) mass is 242 g/mol. The zero-order valence-corrected chi connectivity index (χ0v) is 11.1. The van der Waals surface area contributed by atoms with E-state index in [4.69, 9.17) is 5.73 Å². The van der Waals surface area contributed by atoms with Crippen molar-refractivity contribution < 1.29 is 0 Å². The van der Waals surface area contributed by atoms with Gasteiger partial charge in [-0.15, -0.1) is 0 Å². The van der Waals surface area contributed by atoms with Crippen LogP contribution in [0.3, 0.4) is 0 Å². The molecule has 2 heterocycles. The molecule has 2 aromatic heterocycles. The third-order valence-corrected chi connectivity index (χ3v) is 2.26. The Bertz CT molecular complexity index is 489. The number of nitrogens with zero attached hydrogens (tertiary/aromatic N) is 2. The zero-order chi connectivity index (χ0) is 12.7. The van der Waals surface area contributed by atoms with Crippen LogP contribution < -0.4 is 11.3 Å². The standard InChI is InChI=1S/C6H6N4OS.2C2H6/c1-2-3-4(10-12-2)5(11)9-6(7)8-3;2*1-2/h1H3,(H3,7,8,9,11);2*1-2H3. The highest BCUT2D eigenvalue weighted by molar-refractivity contribution is 7.07. The topological polar surface area (TPSA) is 84.7 Å². The summed E-state index contributed by atoms with van der Waals surface area (Å²) in [7, 11) is 0. The molecule has 0 unspecified atom stereocenters. The fraction of sp³-hybridized carbons (Fsp3) is 0.500. The maximum Gasteiger partial charge on any atom is 0.279 e. The lowest BCUT2D eigenvalue weighted by molar-refractivity contribution is 1.18. The van der Waals surface area contributed by atoms with Crippen LogP contribution in [0.5, 0.6) is 0 Å². The summed E-state index contributed by atoms with van der Waals surface area (Å²) in [6, 6.07) is 0. The van der Waals surface area contributed by atoms with Gasteiger partial charge in [0.2, 0.25) is 5.95 Å². The van der Waals surface area contributed by atoms with E-state index >= 15 is 0 Å². The Morgan fingerprint density at radius 3 is 2.31 bits per heavy atom. The Labute approximate surface area is 98.9 Å². The van der Waals surface area contributed by atoms with Crippen molar-refractivity contribution in [1.82, 2.24) is 14.3 Å². The number of hydrogen-bond donors (Lipinski definition) is 2. The van der Waals surface area contributed by atoms with Gasteiger partial charge in [0.1, 0.15) is 5.52 Å². The number of nitrogens with two attached hydrogens (primary N) is 1. The molecule has 0 spiro atoms. The van der Waals surface area contributed by atoms with Crippen LogP contribution in [0.25, 0.3) is 11.0 Å². The summed E-state index contributed by atoms with van der Waals surface area (Å²) >= 11 is 1.25. The minimum absolute atomic E-state index is 0.135. The third kappa shape index (κ3) is 3.03. The average molecular weight is 242 g/mol. The van der Waals surface area contributed by atoms with Gasteiger partial charge in [0.15, 0.2) is 5.52 Å². The van der Waals surface area contributed by atoms with Crippen molar-refractivity contribution in [2.45, 2.75) is 34.6 Å². The van der Waals surface area contributed by atoms with Crippen molar-refractivity contribution >= 4 is 28.5 Å². The van der Waals surface area contributed by atoms with Gasteiger partial charge in [-0.1, -0.05) is 27.7 Å². The molecule has 0 bridgehead atoms. The molecule has 2 rings (SSSR count). The normalized spacial score (nSPS) is 8.81. The molecule has 0 saturated heterocycles. The number of H-pyrrole nitrogens is 1. The first-order chi connectivity index (χ1) is 7.68. The maximum absolute atomic E-state index is 11.2. The van der Waals surface area contributed by atoms with Crippen LogP contribution in [0.1, 0.15) is 32.6 Å². The first-order valence-corrected chi connectivity index (χ1v) is 6.07. The number of aromatic amines is 1. The lowest BCUT2D eigenvalue weighted by Crippen LogP contribution is -2.10. The number of fused-ring (bicyclic) bond motifs is 1. The van der Waals surface area contributed by atoms with Crippen LogP contribution in [0.4, 0.5) is 5.95 Å².